The van der Waals surface area contributed by atoms with E-state index in [2.05, 4.69) is 10.1 Å². The Morgan fingerprint density at radius 2 is 2.05 bits per heavy atom. The highest BCUT2D eigenvalue weighted by molar-refractivity contribution is 5.94. The Balaban J connectivity index is 2.68. The number of halogens is 3. The van der Waals surface area contributed by atoms with E-state index in [1.54, 1.807) is 0 Å². The summed E-state index contributed by atoms with van der Waals surface area (Å²) in [6.07, 6.45) is -4.28. The van der Waals surface area contributed by atoms with Crippen LogP contribution >= 0.6 is 0 Å². The maximum absolute atomic E-state index is 12.1. The molecular formula is C13H17F3N2O2. The molecule has 0 spiro atoms. The number of anilines is 1. The van der Waals surface area contributed by atoms with Gasteiger partial charge < -0.3 is 15.8 Å². The van der Waals surface area contributed by atoms with E-state index in [0.717, 1.165) is 12.1 Å². The van der Waals surface area contributed by atoms with Crippen LogP contribution < -0.4 is 15.8 Å². The van der Waals surface area contributed by atoms with Gasteiger partial charge in [0.25, 0.3) is 0 Å². The summed E-state index contributed by atoms with van der Waals surface area (Å²) in [5, 5.41) is 2.46. The Morgan fingerprint density at radius 3 is 2.60 bits per heavy atom. The highest BCUT2D eigenvalue weighted by Crippen LogP contribution is 2.25. The van der Waals surface area contributed by atoms with E-state index in [4.69, 9.17) is 5.73 Å². The second-order valence-electron chi connectivity index (χ2n) is 4.80. The van der Waals surface area contributed by atoms with Crippen molar-refractivity contribution in [2.75, 3.05) is 5.32 Å². The fraction of sp³-hybridized carbons (Fsp3) is 0.462. The molecule has 0 aliphatic carbocycles. The van der Waals surface area contributed by atoms with Crippen molar-refractivity contribution in [3.8, 4) is 5.75 Å². The zero-order valence-corrected chi connectivity index (χ0v) is 11.2. The van der Waals surface area contributed by atoms with Gasteiger partial charge >= 0.3 is 6.36 Å². The molecule has 112 valence electrons. The lowest BCUT2D eigenvalue weighted by molar-refractivity contribution is -0.274. The molecule has 0 heterocycles. The van der Waals surface area contributed by atoms with Crippen molar-refractivity contribution in [1.29, 1.82) is 0 Å². The quantitative estimate of drug-likeness (QED) is 0.876. The number of amides is 1. The molecule has 1 aromatic rings. The fourth-order valence-corrected chi connectivity index (χ4v) is 1.62. The number of benzene rings is 1. The van der Waals surface area contributed by atoms with Gasteiger partial charge in [0.05, 0.1) is 6.04 Å². The number of alkyl halides is 3. The van der Waals surface area contributed by atoms with Gasteiger partial charge in [-0.1, -0.05) is 19.9 Å². The Morgan fingerprint density at radius 1 is 1.40 bits per heavy atom. The van der Waals surface area contributed by atoms with Gasteiger partial charge in [-0.25, -0.2) is 0 Å². The van der Waals surface area contributed by atoms with Gasteiger partial charge in [-0.05, 0) is 24.5 Å². The summed E-state index contributed by atoms with van der Waals surface area (Å²) in [4.78, 5) is 11.7. The standard InChI is InChI=1S/C13H17F3N2O2/c1-8(2)6-11(17)12(19)18-9-4-3-5-10(7-9)20-13(14,15)16/h3-5,7-8,11H,6,17H2,1-2H3,(H,18,19). The molecule has 0 aliphatic heterocycles. The number of rotatable bonds is 5. The Bertz CT molecular complexity index is 461. The van der Waals surface area contributed by atoms with E-state index in [1.165, 1.54) is 12.1 Å². The van der Waals surface area contributed by atoms with Crippen LogP contribution in [0.2, 0.25) is 0 Å². The van der Waals surface area contributed by atoms with Crippen molar-refractivity contribution in [3.63, 3.8) is 0 Å². The van der Waals surface area contributed by atoms with Gasteiger partial charge in [0.1, 0.15) is 5.75 Å². The smallest absolute Gasteiger partial charge is 0.406 e. The lowest BCUT2D eigenvalue weighted by Crippen LogP contribution is -2.36. The highest BCUT2D eigenvalue weighted by Gasteiger charge is 2.31. The van der Waals surface area contributed by atoms with Crippen LogP contribution in [-0.2, 0) is 4.79 Å². The number of ether oxygens (including phenoxy) is 1. The molecule has 20 heavy (non-hydrogen) atoms. The van der Waals surface area contributed by atoms with Crippen LogP contribution in [0.5, 0.6) is 5.75 Å². The summed E-state index contributed by atoms with van der Waals surface area (Å²) >= 11 is 0. The van der Waals surface area contributed by atoms with Crippen molar-refractivity contribution in [1.82, 2.24) is 0 Å². The minimum absolute atomic E-state index is 0.205. The maximum atomic E-state index is 12.1. The third kappa shape index (κ3) is 5.92. The average molecular weight is 290 g/mol. The SMILES string of the molecule is CC(C)CC(N)C(=O)Nc1cccc(OC(F)(F)F)c1. The number of hydrogen-bond donors (Lipinski definition) is 2. The summed E-state index contributed by atoms with van der Waals surface area (Å²) in [6, 6.07) is 4.35. The first-order valence-corrected chi connectivity index (χ1v) is 6.09. The molecule has 0 fully saturated rings. The molecule has 1 aromatic carbocycles. The van der Waals surface area contributed by atoms with E-state index in [9.17, 15) is 18.0 Å². The molecule has 7 heteroatoms. The van der Waals surface area contributed by atoms with Crippen LogP contribution in [0.3, 0.4) is 0 Å². The largest absolute Gasteiger partial charge is 0.573 e. The van der Waals surface area contributed by atoms with Gasteiger partial charge in [-0.2, -0.15) is 0 Å². The fourth-order valence-electron chi connectivity index (χ4n) is 1.62. The first-order chi connectivity index (χ1) is 9.17. The van der Waals surface area contributed by atoms with E-state index < -0.39 is 24.1 Å². The summed E-state index contributed by atoms with van der Waals surface area (Å²) in [7, 11) is 0. The van der Waals surface area contributed by atoms with Gasteiger partial charge in [-0.15, -0.1) is 13.2 Å². The molecule has 0 bridgehead atoms. The minimum Gasteiger partial charge on any atom is -0.406 e. The zero-order valence-electron chi connectivity index (χ0n) is 11.2. The van der Waals surface area contributed by atoms with Crippen molar-refractivity contribution in [2.24, 2.45) is 11.7 Å². The second-order valence-corrected chi connectivity index (χ2v) is 4.80. The predicted molar refractivity (Wildman–Crippen MR) is 69.2 cm³/mol. The number of hydrogen-bond acceptors (Lipinski definition) is 3. The van der Waals surface area contributed by atoms with E-state index in [1.807, 2.05) is 13.8 Å². The monoisotopic (exact) mass is 290 g/mol. The van der Waals surface area contributed by atoms with Crippen LogP contribution in [0.1, 0.15) is 20.3 Å². The van der Waals surface area contributed by atoms with Crippen LogP contribution in [0, 0.1) is 5.92 Å². The van der Waals surface area contributed by atoms with Crippen LogP contribution in [-0.4, -0.2) is 18.3 Å². The molecule has 0 saturated carbocycles. The summed E-state index contributed by atoms with van der Waals surface area (Å²) in [6.45, 7) is 3.84. The number of carbonyl (C=O) groups excluding carboxylic acids is 1. The van der Waals surface area contributed by atoms with Crippen molar-refractivity contribution in [2.45, 2.75) is 32.7 Å². The van der Waals surface area contributed by atoms with E-state index in [-0.39, 0.29) is 11.6 Å². The first-order valence-electron chi connectivity index (χ1n) is 6.09. The summed E-state index contributed by atoms with van der Waals surface area (Å²) < 4.78 is 40.0. The first kappa shape index (κ1) is 16.3. The Labute approximate surface area is 115 Å². The van der Waals surface area contributed by atoms with Gasteiger partial charge in [0, 0.05) is 11.8 Å². The van der Waals surface area contributed by atoms with Gasteiger partial charge in [0.2, 0.25) is 5.91 Å². The Hall–Kier alpha value is -1.76. The van der Waals surface area contributed by atoms with Gasteiger partial charge in [0.15, 0.2) is 0 Å². The lowest BCUT2D eigenvalue weighted by atomic mass is 10.0. The van der Waals surface area contributed by atoms with E-state index in [0.29, 0.717) is 6.42 Å². The molecule has 0 aliphatic rings. The third-order valence-electron chi connectivity index (χ3n) is 2.40. The van der Waals surface area contributed by atoms with Crippen LogP contribution in [0.25, 0.3) is 0 Å². The zero-order chi connectivity index (χ0) is 15.3. The topological polar surface area (TPSA) is 64.4 Å². The Kier molecular flexibility index (Phi) is 5.38. The molecule has 3 N–H and O–H groups in total. The number of carbonyl (C=O) groups is 1. The van der Waals surface area contributed by atoms with Crippen LogP contribution in [0.4, 0.5) is 18.9 Å². The lowest BCUT2D eigenvalue weighted by Gasteiger charge is -2.15. The highest BCUT2D eigenvalue weighted by atomic mass is 19.4. The summed E-state index contributed by atoms with van der Waals surface area (Å²) in [5.74, 6) is -0.591. The number of nitrogens with one attached hydrogen (secondary N) is 1. The molecule has 0 aromatic heterocycles. The molecule has 0 radical (unpaired) electrons. The molecular weight excluding hydrogens is 273 g/mol. The molecule has 4 nitrogen and oxygen atoms in total. The van der Waals surface area contributed by atoms with Gasteiger partial charge in [-0.3, -0.25) is 4.79 Å². The number of nitrogens with two attached hydrogens (primary N) is 1. The third-order valence-corrected chi connectivity index (χ3v) is 2.40. The van der Waals surface area contributed by atoms with Crippen molar-refractivity contribution >= 4 is 11.6 Å². The minimum atomic E-state index is -4.77. The van der Waals surface area contributed by atoms with Crippen molar-refractivity contribution in [3.05, 3.63) is 24.3 Å². The van der Waals surface area contributed by atoms with Crippen LogP contribution in [0.15, 0.2) is 24.3 Å². The molecule has 1 unspecified atom stereocenters. The molecule has 1 rings (SSSR count). The second kappa shape index (κ2) is 6.60. The van der Waals surface area contributed by atoms with Crippen molar-refractivity contribution < 1.29 is 22.7 Å². The molecule has 1 amide bonds. The summed E-state index contributed by atoms with van der Waals surface area (Å²) in [5.41, 5.74) is 5.89. The maximum Gasteiger partial charge on any atom is 0.573 e. The molecule has 0 saturated heterocycles. The van der Waals surface area contributed by atoms with E-state index >= 15 is 0 Å². The predicted octanol–water partition coefficient (Wildman–Crippen LogP) is 2.90. The average Bonchev–Trinajstić information content (AvgIpc) is 2.25. The molecule has 1 atom stereocenters. The normalized spacial score (nSPS) is 13.2.